The highest BCUT2D eigenvalue weighted by atomic mass is 15.2. The summed E-state index contributed by atoms with van der Waals surface area (Å²) in [6.45, 7) is 5.20. The van der Waals surface area contributed by atoms with Crippen molar-refractivity contribution < 1.29 is 0 Å². The van der Waals surface area contributed by atoms with Gasteiger partial charge in [0.2, 0.25) is 0 Å². The van der Waals surface area contributed by atoms with Crippen LogP contribution in [0.2, 0.25) is 0 Å². The maximum atomic E-state index is 2.72. The number of hydrogen-bond acceptors (Lipinski definition) is 1. The molecular weight excluding hydrogens is 158 g/mol. The lowest BCUT2D eigenvalue weighted by atomic mass is 9.84. The predicted molar refractivity (Wildman–Crippen MR) is 56.8 cm³/mol. The molecule has 0 aromatic rings. The fourth-order valence-electron chi connectivity index (χ4n) is 3.06. The molecule has 0 amide bonds. The van der Waals surface area contributed by atoms with Gasteiger partial charge in [-0.05, 0) is 51.6 Å². The Morgan fingerprint density at radius 1 is 0.923 bits per heavy atom. The van der Waals surface area contributed by atoms with Crippen molar-refractivity contribution in [3.8, 4) is 0 Å². The van der Waals surface area contributed by atoms with Crippen LogP contribution in [-0.4, -0.2) is 24.0 Å². The largest absolute Gasteiger partial charge is 0.300 e. The summed E-state index contributed by atoms with van der Waals surface area (Å²) in [4.78, 5) is 2.72. The zero-order valence-corrected chi connectivity index (χ0v) is 8.97. The van der Waals surface area contributed by atoms with Gasteiger partial charge in [-0.1, -0.05) is 19.3 Å². The van der Waals surface area contributed by atoms with Crippen LogP contribution in [0.5, 0.6) is 0 Å². The first-order valence-electron chi connectivity index (χ1n) is 6.12. The number of hydrogen-bond donors (Lipinski definition) is 0. The number of rotatable bonds is 2. The fourth-order valence-corrected chi connectivity index (χ4v) is 3.06. The summed E-state index contributed by atoms with van der Waals surface area (Å²) in [6.07, 6.45) is 10.3. The highest BCUT2D eigenvalue weighted by Crippen LogP contribution is 2.30. The van der Waals surface area contributed by atoms with Gasteiger partial charge in [0, 0.05) is 6.04 Å². The molecule has 1 saturated heterocycles. The van der Waals surface area contributed by atoms with Crippen molar-refractivity contribution in [2.45, 2.75) is 57.9 Å². The molecule has 2 rings (SSSR count). The van der Waals surface area contributed by atoms with Crippen LogP contribution in [0.15, 0.2) is 0 Å². The van der Waals surface area contributed by atoms with Gasteiger partial charge in [0.25, 0.3) is 0 Å². The lowest BCUT2D eigenvalue weighted by molar-refractivity contribution is 0.157. The van der Waals surface area contributed by atoms with Crippen molar-refractivity contribution in [3.63, 3.8) is 0 Å². The number of nitrogens with zero attached hydrogens (tertiary/aromatic N) is 1. The molecule has 1 heterocycles. The van der Waals surface area contributed by atoms with Crippen LogP contribution in [0.4, 0.5) is 0 Å². The van der Waals surface area contributed by atoms with E-state index in [1.165, 1.54) is 58.0 Å². The average Bonchev–Trinajstić information content (AvgIpc) is 2.71. The Balaban J connectivity index is 1.83. The van der Waals surface area contributed by atoms with E-state index in [9.17, 15) is 0 Å². The topological polar surface area (TPSA) is 3.24 Å². The summed E-state index contributed by atoms with van der Waals surface area (Å²) < 4.78 is 0. The Labute approximate surface area is 82.5 Å². The third-order valence-corrected chi connectivity index (χ3v) is 4.05. The molecule has 0 aromatic heterocycles. The van der Waals surface area contributed by atoms with Crippen LogP contribution in [0.1, 0.15) is 51.9 Å². The molecule has 2 aliphatic rings. The van der Waals surface area contributed by atoms with Crippen LogP contribution >= 0.6 is 0 Å². The van der Waals surface area contributed by atoms with E-state index in [0.29, 0.717) is 0 Å². The minimum absolute atomic E-state index is 0.878. The zero-order chi connectivity index (χ0) is 9.10. The van der Waals surface area contributed by atoms with E-state index in [1.54, 1.807) is 0 Å². The highest BCUT2D eigenvalue weighted by molar-refractivity contribution is 4.80. The van der Waals surface area contributed by atoms with E-state index in [0.717, 1.165) is 12.0 Å². The van der Waals surface area contributed by atoms with Crippen LogP contribution in [0.25, 0.3) is 0 Å². The molecule has 0 unspecified atom stereocenters. The summed E-state index contributed by atoms with van der Waals surface area (Å²) in [7, 11) is 0. The minimum Gasteiger partial charge on any atom is -0.300 e. The van der Waals surface area contributed by atoms with Crippen molar-refractivity contribution in [2.75, 3.05) is 13.1 Å². The van der Waals surface area contributed by atoms with Gasteiger partial charge in [-0.3, -0.25) is 0 Å². The van der Waals surface area contributed by atoms with E-state index in [1.807, 2.05) is 0 Å². The molecule has 13 heavy (non-hydrogen) atoms. The van der Waals surface area contributed by atoms with Crippen molar-refractivity contribution in [1.29, 1.82) is 0 Å². The Hall–Kier alpha value is -0.0400. The third kappa shape index (κ3) is 2.25. The second-order valence-corrected chi connectivity index (χ2v) is 4.88. The first kappa shape index (κ1) is 9.51. The highest BCUT2D eigenvalue weighted by Gasteiger charge is 2.26. The molecule has 1 saturated carbocycles. The van der Waals surface area contributed by atoms with Crippen molar-refractivity contribution in [1.82, 2.24) is 4.90 Å². The maximum absolute atomic E-state index is 2.72. The molecule has 0 radical (unpaired) electrons. The van der Waals surface area contributed by atoms with Gasteiger partial charge in [-0.2, -0.15) is 0 Å². The standard InChI is InChI=1S/C12H23N/c1-11(13-9-5-6-10-13)12-7-3-2-4-8-12/h11-12H,2-10H2,1H3/t11-/m1/s1. The molecule has 1 nitrogen and oxygen atoms in total. The van der Waals surface area contributed by atoms with Crippen LogP contribution in [0, 0.1) is 5.92 Å². The van der Waals surface area contributed by atoms with E-state index in [-0.39, 0.29) is 0 Å². The van der Waals surface area contributed by atoms with Crippen molar-refractivity contribution in [3.05, 3.63) is 0 Å². The van der Waals surface area contributed by atoms with Gasteiger partial charge >= 0.3 is 0 Å². The van der Waals surface area contributed by atoms with E-state index >= 15 is 0 Å². The van der Waals surface area contributed by atoms with Gasteiger partial charge < -0.3 is 4.90 Å². The normalized spacial score (nSPS) is 29.3. The van der Waals surface area contributed by atoms with Gasteiger partial charge in [0.1, 0.15) is 0 Å². The monoisotopic (exact) mass is 181 g/mol. The van der Waals surface area contributed by atoms with Gasteiger partial charge in [-0.15, -0.1) is 0 Å². The molecule has 1 heteroatoms. The molecule has 1 atom stereocenters. The zero-order valence-electron chi connectivity index (χ0n) is 8.97. The maximum Gasteiger partial charge on any atom is 0.00951 e. The second kappa shape index (κ2) is 4.45. The molecule has 1 aliphatic heterocycles. The smallest absolute Gasteiger partial charge is 0.00951 e. The molecule has 0 bridgehead atoms. The van der Waals surface area contributed by atoms with Crippen LogP contribution in [0.3, 0.4) is 0 Å². The summed E-state index contributed by atoms with van der Waals surface area (Å²) in [5.74, 6) is 1.02. The number of likely N-dealkylation sites (tertiary alicyclic amines) is 1. The molecule has 2 fully saturated rings. The van der Waals surface area contributed by atoms with Gasteiger partial charge in [-0.25, -0.2) is 0 Å². The SMILES string of the molecule is C[C@H](C1CCCCC1)N1CCCC1. The Bertz CT molecular complexity index is 143. The third-order valence-electron chi connectivity index (χ3n) is 4.05. The molecule has 0 N–H and O–H groups in total. The Kier molecular flexibility index (Phi) is 3.26. The summed E-state index contributed by atoms with van der Waals surface area (Å²) in [5.41, 5.74) is 0. The van der Waals surface area contributed by atoms with Crippen LogP contribution < -0.4 is 0 Å². The molecule has 1 aliphatic carbocycles. The minimum atomic E-state index is 0.878. The second-order valence-electron chi connectivity index (χ2n) is 4.88. The van der Waals surface area contributed by atoms with E-state index in [4.69, 9.17) is 0 Å². The molecule has 0 aromatic carbocycles. The van der Waals surface area contributed by atoms with Crippen molar-refractivity contribution >= 4 is 0 Å². The van der Waals surface area contributed by atoms with Crippen molar-refractivity contribution in [2.24, 2.45) is 5.92 Å². The predicted octanol–water partition coefficient (Wildman–Crippen LogP) is 3.05. The van der Waals surface area contributed by atoms with Gasteiger partial charge in [0.05, 0.1) is 0 Å². The molecule has 76 valence electrons. The summed E-state index contributed by atoms with van der Waals surface area (Å²) >= 11 is 0. The Morgan fingerprint density at radius 3 is 2.15 bits per heavy atom. The Morgan fingerprint density at radius 2 is 1.54 bits per heavy atom. The molecule has 0 spiro atoms. The fraction of sp³-hybridized carbons (Fsp3) is 1.00. The van der Waals surface area contributed by atoms with Crippen LogP contribution in [-0.2, 0) is 0 Å². The first-order chi connectivity index (χ1) is 6.38. The van der Waals surface area contributed by atoms with E-state index in [2.05, 4.69) is 11.8 Å². The first-order valence-corrected chi connectivity index (χ1v) is 6.12. The average molecular weight is 181 g/mol. The quantitative estimate of drug-likeness (QED) is 0.633. The molecular formula is C12H23N. The lowest BCUT2D eigenvalue weighted by Gasteiger charge is -2.34. The summed E-state index contributed by atoms with van der Waals surface area (Å²) in [5, 5.41) is 0. The van der Waals surface area contributed by atoms with E-state index < -0.39 is 0 Å². The summed E-state index contributed by atoms with van der Waals surface area (Å²) in [6, 6.07) is 0.878. The van der Waals surface area contributed by atoms with Gasteiger partial charge in [0.15, 0.2) is 0 Å². The lowest BCUT2D eigenvalue weighted by Crippen LogP contribution is -2.37.